The molecule has 2 aromatic rings. The highest BCUT2D eigenvalue weighted by Gasteiger charge is 2.31. The summed E-state index contributed by atoms with van der Waals surface area (Å²) >= 11 is 0. The van der Waals surface area contributed by atoms with E-state index in [9.17, 15) is 22.8 Å². The highest BCUT2D eigenvalue weighted by molar-refractivity contribution is 5.95. The van der Waals surface area contributed by atoms with E-state index in [-0.39, 0.29) is 23.4 Å². The number of carbonyl (C=O) groups excluding carboxylic acids is 2. The van der Waals surface area contributed by atoms with Gasteiger partial charge in [0, 0.05) is 30.3 Å². The van der Waals surface area contributed by atoms with Crippen LogP contribution in [0.2, 0.25) is 0 Å². The molecule has 0 aromatic heterocycles. The van der Waals surface area contributed by atoms with Crippen molar-refractivity contribution in [3.63, 3.8) is 0 Å². The summed E-state index contributed by atoms with van der Waals surface area (Å²) in [6.45, 7) is 0.878. The summed E-state index contributed by atoms with van der Waals surface area (Å²) in [5.74, 6) is -0.729. The molecule has 1 aliphatic heterocycles. The van der Waals surface area contributed by atoms with E-state index in [0.717, 1.165) is 12.1 Å². The Morgan fingerprint density at radius 3 is 2.26 bits per heavy atom. The third-order valence-corrected chi connectivity index (χ3v) is 4.63. The maximum atomic E-state index is 12.8. The standard InChI is InChI=1S/C20H19F3N2O2/c21-20(22,23)16-7-4-8-17(13-16)24-18(26)14-9-11-25(12-10-14)19(27)15-5-2-1-3-6-15/h1-8,13-14H,9-12H2,(H,24,26). The zero-order chi connectivity index (χ0) is 19.4. The quantitative estimate of drug-likeness (QED) is 0.873. The number of benzene rings is 2. The van der Waals surface area contributed by atoms with Crippen molar-refractivity contribution in [1.29, 1.82) is 0 Å². The number of hydrogen-bond donors (Lipinski definition) is 1. The molecule has 0 aliphatic carbocycles. The lowest BCUT2D eigenvalue weighted by molar-refractivity contribution is -0.137. The monoisotopic (exact) mass is 376 g/mol. The van der Waals surface area contributed by atoms with Crippen LogP contribution in [0, 0.1) is 5.92 Å². The van der Waals surface area contributed by atoms with Crippen LogP contribution in [0.15, 0.2) is 54.6 Å². The normalized spacial score (nSPS) is 15.4. The molecule has 0 saturated carbocycles. The van der Waals surface area contributed by atoms with Gasteiger partial charge in [-0.25, -0.2) is 0 Å². The first-order chi connectivity index (χ1) is 12.8. The average molecular weight is 376 g/mol. The number of nitrogens with one attached hydrogen (secondary N) is 1. The van der Waals surface area contributed by atoms with Crippen LogP contribution in [-0.2, 0) is 11.0 Å². The van der Waals surface area contributed by atoms with Gasteiger partial charge in [0.2, 0.25) is 5.91 Å². The summed E-state index contributed by atoms with van der Waals surface area (Å²) in [5.41, 5.74) is -0.0782. The molecule has 0 bridgehead atoms. The minimum atomic E-state index is -4.45. The molecule has 4 nitrogen and oxygen atoms in total. The van der Waals surface area contributed by atoms with Crippen LogP contribution in [0.25, 0.3) is 0 Å². The first-order valence-corrected chi connectivity index (χ1v) is 8.67. The topological polar surface area (TPSA) is 49.4 Å². The summed E-state index contributed by atoms with van der Waals surface area (Å²) in [7, 11) is 0. The molecule has 1 saturated heterocycles. The third kappa shape index (κ3) is 4.67. The number of carbonyl (C=O) groups is 2. The summed E-state index contributed by atoms with van der Waals surface area (Å²) in [6, 6.07) is 13.5. The van der Waals surface area contributed by atoms with Gasteiger partial charge in [0.1, 0.15) is 0 Å². The number of halogens is 3. The number of amides is 2. The fourth-order valence-corrected chi connectivity index (χ4v) is 3.13. The third-order valence-electron chi connectivity index (χ3n) is 4.63. The molecular formula is C20H19F3N2O2. The number of rotatable bonds is 3. The Hall–Kier alpha value is -2.83. The Balaban J connectivity index is 1.57. The van der Waals surface area contributed by atoms with Gasteiger partial charge in [0.15, 0.2) is 0 Å². The van der Waals surface area contributed by atoms with E-state index in [2.05, 4.69) is 5.32 Å². The van der Waals surface area contributed by atoms with Crippen molar-refractivity contribution in [1.82, 2.24) is 4.90 Å². The van der Waals surface area contributed by atoms with Crippen LogP contribution in [0.1, 0.15) is 28.8 Å². The number of likely N-dealkylation sites (tertiary alicyclic amines) is 1. The Bertz CT molecular complexity index is 813. The summed E-state index contributed by atoms with van der Waals surface area (Å²) in [4.78, 5) is 26.5. The van der Waals surface area contributed by atoms with Gasteiger partial charge in [-0.2, -0.15) is 13.2 Å². The molecule has 27 heavy (non-hydrogen) atoms. The molecular weight excluding hydrogens is 357 g/mol. The first-order valence-electron chi connectivity index (χ1n) is 8.67. The van der Waals surface area contributed by atoms with Crippen LogP contribution in [0.5, 0.6) is 0 Å². The number of piperidine rings is 1. The second-order valence-corrected chi connectivity index (χ2v) is 6.50. The molecule has 2 amide bonds. The van der Waals surface area contributed by atoms with E-state index in [1.165, 1.54) is 12.1 Å². The smallest absolute Gasteiger partial charge is 0.339 e. The fourth-order valence-electron chi connectivity index (χ4n) is 3.13. The first kappa shape index (κ1) is 18.9. The molecule has 1 aliphatic rings. The van der Waals surface area contributed by atoms with Crippen LogP contribution in [0.4, 0.5) is 18.9 Å². The van der Waals surface area contributed by atoms with Crippen molar-refractivity contribution in [3.05, 3.63) is 65.7 Å². The molecule has 1 fully saturated rings. The zero-order valence-electron chi connectivity index (χ0n) is 14.5. The summed E-state index contributed by atoms with van der Waals surface area (Å²) in [6.07, 6.45) is -3.50. The van der Waals surface area contributed by atoms with Crippen molar-refractivity contribution in [2.24, 2.45) is 5.92 Å². The van der Waals surface area contributed by atoms with Gasteiger partial charge in [0.05, 0.1) is 5.56 Å². The van der Waals surface area contributed by atoms with E-state index in [0.29, 0.717) is 31.5 Å². The second-order valence-electron chi connectivity index (χ2n) is 6.50. The van der Waals surface area contributed by atoms with Crippen molar-refractivity contribution in [3.8, 4) is 0 Å². The van der Waals surface area contributed by atoms with Gasteiger partial charge >= 0.3 is 6.18 Å². The van der Waals surface area contributed by atoms with Gasteiger partial charge in [-0.15, -0.1) is 0 Å². The van der Waals surface area contributed by atoms with Gasteiger partial charge in [0.25, 0.3) is 5.91 Å². The van der Waals surface area contributed by atoms with Crippen LogP contribution >= 0.6 is 0 Å². The minimum absolute atomic E-state index is 0.0765. The van der Waals surface area contributed by atoms with E-state index in [1.807, 2.05) is 6.07 Å². The predicted octanol–water partition coefficient (Wildman–Crippen LogP) is 4.20. The Kier molecular flexibility index (Phi) is 5.48. The number of nitrogens with zero attached hydrogens (tertiary/aromatic N) is 1. The molecule has 2 aromatic carbocycles. The molecule has 7 heteroatoms. The van der Waals surface area contributed by atoms with Gasteiger partial charge < -0.3 is 10.2 Å². The zero-order valence-corrected chi connectivity index (χ0v) is 14.5. The van der Waals surface area contributed by atoms with Crippen LogP contribution in [-0.4, -0.2) is 29.8 Å². The van der Waals surface area contributed by atoms with Crippen molar-refractivity contribution in [2.75, 3.05) is 18.4 Å². The number of alkyl halides is 3. The van der Waals surface area contributed by atoms with Crippen molar-refractivity contribution in [2.45, 2.75) is 19.0 Å². The summed E-state index contributed by atoms with van der Waals surface area (Å²) < 4.78 is 38.3. The largest absolute Gasteiger partial charge is 0.416 e. The molecule has 0 unspecified atom stereocenters. The van der Waals surface area contributed by atoms with Gasteiger partial charge in [-0.1, -0.05) is 24.3 Å². The Labute approximate surface area is 155 Å². The van der Waals surface area contributed by atoms with E-state index >= 15 is 0 Å². The lowest BCUT2D eigenvalue weighted by Crippen LogP contribution is -2.41. The molecule has 0 radical (unpaired) electrons. The maximum Gasteiger partial charge on any atom is 0.416 e. The Morgan fingerprint density at radius 1 is 0.963 bits per heavy atom. The minimum Gasteiger partial charge on any atom is -0.339 e. The van der Waals surface area contributed by atoms with Gasteiger partial charge in [-0.3, -0.25) is 9.59 Å². The van der Waals surface area contributed by atoms with Crippen LogP contribution < -0.4 is 5.32 Å². The predicted molar refractivity (Wildman–Crippen MR) is 95.1 cm³/mol. The van der Waals surface area contributed by atoms with E-state index < -0.39 is 11.7 Å². The Morgan fingerprint density at radius 2 is 1.63 bits per heavy atom. The molecule has 1 heterocycles. The van der Waals surface area contributed by atoms with Crippen molar-refractivity contribution < 1.29 is 22.8 Å². The van der Waals surface area contributed by atoms with E-state index in [1.54, 1.807) is 29.2 Å². The molecule has 3 rings (SSSR count). The highest BCUT2D eigenvalue weighted by atomic mass is 19.4. The molecule has 0 spiro atoms. The van der Waals surface area contributed by atoms with E-state index in [4.69, 9.17) is 0 Å². The number of anilines is 1. The lowest BCUT2D eigenvalue weighted by atomic mass is 9.95. The lowest BCUT2D eigenvalue weighted by Gasteiger charge is -2.31. The molecule has 142 valence electrons. The maximum absolute atomic E-state index is 12.8. The molecule has 1 N–H and O–H groups in total. The molecule has 0 atom stereocenters. The van der Waals surface area contributed by atoms with Crippen LogP contribution in [0.3, 0.4) is 0 Å². The van der Waals surface area contributed by atoms with Crippen molar-refractivity contribution >= 4 is 17.5 Å². The highest BCUT2D eigenvalue weighted by Crippen LogP contribution is 2.31. The second kappa shape index (κ2) is 7.82. The van der Waals surface area contributed by atoms with Gasteiger partial charge in [-0.05, 0) is 43.2 Å². The average Bonchev–Trinajstić information content (AvgIpc) is 2.68. The fraction of sp³-hybridized carbons (Fsp3) is 0.300. The SMILES string of the molecule is O=C(Nc1cccc(C(F)(F)F)c1)C1CCN(C(=O)c2ccccc2)CC1. The summed E-state index contributed by atoms with van der Waals surface area (Å²) in [5, 5.41) is 2.56. The number of hydrogen-bond acceptors (Lipinski definition) is 2.